The van der Waals surface area contributed by atoms with Crippen molar-refractivity contribution in [2.75, 3.05) is 32.8 Å². The molecule has 0 aliphatic carbocycles. The standard InChI is InChI=1S/C32H36N2O5/c1-23(35)33(20-10-6-9-13-30(36)39-4)32-28-21-27(38-3)18-19-29(28)34(22-24-11-7-5-8-12-24)31(32)25-14-16-26(37-2)17-15-25/h5,7-8,11-12,14-19,21H,6,9-10,13,20,22H2,1-4H3. The number of ether oxygens (including phenoxy) is 3. The Morgan fingerprint density at radius 3 is 2.15 bits per heavy atom. The van der Waals surface area contributed by atoms with E-state index in [-0.39, 0.29) is 11.9 Å². The second kappa shape index (κ2) is 13.0. The molecule has 0 saturated carbocycles. The average molecular weight is 529 g/mol. The number of rotatable bonds is 12. The molecule has 0 aliphatic heterocycles. The third-order valence-corrected chi connectivity index (χ3v) is 6.93. The van der Waals surface area contributed by atoms with Crippen molar-refractivity contribution in [3.8, 4) is 22.8 Å². The van der Waals surface area contributed by atoms with Gasteiger partial charge < -0.3 is 23.7 Å². The Labute approximate surface area is 229 Å². The Morgan fingerprint density at radius 2 is 1.51 bits per heavy atom. The van der Waals surface area contributed by atoms with E-state index in [2.05, 4.69) is 22.8 Å². The second-order valence-electron chi connectivity index (χ2n) is 9.44. The van der Waals surface area contributed by atoms with Crippen LogP contribution in [-0.4, -0.2) is 44.3 Å². The van der Waals surface area contributed by atoms with Gasteiger partial charge in [0.1, 0.15) is 11.5 Å². The largest absolute Gasteiger partial charge is 0.497 e. The van der Waals surface area contributed by atoms with Gasteiger partial charge in [-0.3, -0.25) is 9.59 Å². The number of nitrogens with zero attached hydrogens (tertiary/aromatic N) is 2. The van der Waals surface area contributed by atoms with Crippen LogP contribution >= 0.6 is 0 Å². The van der Waals surface area contributed by atoms with Gasteiger partial charge >= 0.3 is 5.97 Å². The van der Waals surface area contributed by atoms with Gasteiger partial charge in [-0.05, 0) is 60.9 Å². The summed E-state index contributed by atoms with van der Waals surface area (Å²) >= 11 is 0. The lowest BCUT2D eigenvalue weighted by atomic mass is 10.1. The molecule has 4 rings (SSSR count). The molecule has 1 amide bonds. The van der Waals surface area contributed by atoms with Crippen molar-refractivity contribution in [1.29, 1.82) is 0 Å². The number of hydrogen-bond acceptors (Lipinski definition) is 5. The van der Waals surface area contributed by atoms with Gasteiger partial charge in [0.25, 0.3) is 0 Å². The molecule has 0 N–H and O–H groups in total. The molecule has 0 fully saturated rings. The van der Waals surface area contributed by atoms with E-state index in [0.29, 0.717) is 25.9 Å². The van der Waals surface area contributed by atoms with E-state index in [1.54, 1.807) is 21.1 Å². The summed E-state index contributed by atoms with van der Waals surface area (Å²) in [6.07, 6.45) is 2.66. The summed E-state index contributed by atoms with van der Waals surface area (Å²) in [5.74, 6) is 1.24. The minimum atomic E-state index is -0.212. The maximum absolute atomic E-state index is 13.2. The maximum Gasteiger partial charge on any atom is 0.305 e. The Bertz CT molecular complexity index is 1410. The van der Waals surface area contributed by atoms with Crippen LogP contribution in [0.2, 0.25) is 0 Å². The van der Waals surface area contributed by atoms with Crippen molar-refractivity contribution in [1.82, 2.24) is 4.57 Å². The molecule has 1 aromatic heterocycles. The van der Waals surface area contributed by atoms with Crippen LogP contribution in [0.3, 0.4) is 0 Å². The van der Waals surface area contributed by atoms with Crippen LogP contribution in [0.1, 0.15) is 38.2 Å². The van der Waals surface area contributed by atoms with E-state index in [1.807, 2.05) is 59.5 Å². The number of esters is 1. The first-order valence-corrected chi connectivity index (χ1v) is 13.2. The van der Waals surface area contributed by atoms with Crippen molar-refractivity contribution in [2.24, 2.45) is 0 Å². The lowest BCUT2D eigenvalue weighted by Gasteiger charge is -2.23. The number of benzene rings is 3. The second-order valence-corrected chi connectivity index (χ2v) is 9.44. The van der Waals surface area contributed by atoms with Crippen molar-refractivity contribution in [3.63, 3.8) is 0 Å². The normalized spacial score (nSPS) is 10.9. The number of carbonyl (C=O) groups excluding carboxylic acids is 2. The number of aromatic nitrogens is 1. The lowest BCUT2D eigenvalue weighted by Crippen LogP contribution is -2.30. The molecule has 0 saturated heterocycles. The van der Waals surface area contributed by atoms with E-state index >= 15 is 0 Å². The Morgan fingerprint density at radius 1 is 0.821 bits per heavy atom. The molecule has 0 aliphatic rings. The van der Waals surface area contributed by atoms with Gasteiger partial charge in [0, 0.05) is 37.4 Å². The number of fused-ring (bicyclic) bond motifs is 1. The van der Waals surface area contributed by atoms with Gasteiger partial charge in [-0.2, -0.15) is 0 Å². The predicted molar refractivity (Wildman–Crippen MR) is 155 cm³/mol. The van der Waals surface area contributed by atoms with Crippen molar-refractivity contribution in [3.05, 3.63) is 78.4 Å². The zero-order chi connectivity index (χ0) is 27.8. The fraction of sp³-hybridized carbons (Fsp3) is 0.312. The predicted octanol–water partition coefficient (Wildman–Crippen LogP) is 6.46. The first-order chi connectivity index (χ1) is 19.0. The van der Waals surface area contributed by atoms with E-state index < -0.39 is 0 Å². The third-order valence-electron chi connectivity index (χ3n) is 6.93. The van der Waals surface area contributed by atoms with E-state index in [9.17, 15) is 9.59 Å². The minimum Gasteiger partial charge on any atom is -0.497 e. The maximum atomic E-state index is 13.2. The van der Waals surface area contributed by atoms with Gasteiger partial charge in [0.2, 0.25) is 5.91 Å². The summed E-state index contributed by atoms with van der Waals surface area (Å²) in [7, 11) is 4.70. The average Bonchev–Trinajstić information content (AvgIpc) is 3.27. The van der Waals surface area contributed by atoms with Gasteiger partial charge in [-0.15, -0.1) is 0 Å². The molecule has 0 bridgehead atoms. The fourth-order valence-electron chi connectivity index (χ4n) is 4.93. The van der Waals surface area contributed by atoms with Gasteiger partial charge in [0.15, 0.2) is 0 Å². The summed E-state index contributed by atoms with van der Waals surface area (Å²) in [6.45, 7) is 2.77. The molecule has 7 nitrogen and oxygen atoms in total. The molecular formula is C32H36N2O5. The number of carbonyl (C=O) groups is 2. The molecular weight excluding hydrogens is 492 g/mol. The highest BCUT2D eigenvalue weighted by molar-refractivity contribution is 6.09. The molecule has 0 spiro atoms. The molecule has 39 heavy (non-hydrogen) atoms. The number of methoxy groups -OCH3 is 3. The van der Waals surface area contributed by atoms with Crippen molar-refractivity contribution < 1.29 is 23.8 Å². The number of amides is 1. The van der Waals surface area contributed by atoms with Crippen molar-refractivity contribution >= 4 is 28.5 Å². The van der Waals surface area contributed by atoms with Crippen molar-refractivity contribution in [2.45, 2.75) is 39.2 Å². The molecule has 0 radical (unpaired) electrons. The van der Waals surface area contributed by atoms with E-state index in [4.69, 9.17) is 14.2 Å². The quantitative estimate of drug-likeness (QED) is 0.156. The fourth-order valence-corrected chi connectivity index (χ4v) is 4.93. The zero-order valence-corrected chi connectivity index (χ0v) is 23.1. The zero-order valence-electron chi connectivity index (χ0n) is 23.1. The summed E-state index contributed by atoms with van der Waals surface area (Å²) in [6, 6.07) is 24.3. The minimum absolute atomic E-state index is 0.0423. The first kappa shape index (κ1) is 27.8. The molecule has 0 unspecified atom stereocenters. The summed E-state index contributed by atoms with van der Waals surface area (Å²) < 4.78 is 18.0. The molecule has 1 heterocycles. The highest BCUT2D eigenvalue weighted by Gasteiger charge is 2.26. The highest BCUT2D eigenvalue weighted by atomic mass is 16.5. The summed E-state index contributed by atoms with van der Waals surface area (Å²) in [4.78, 5) is 26.6. The summed E-state index contributed by atoms with van der Waals surface area (Å²) in [5, 5.41) is 0.945. The van der Waals surface area contributed by atoms with Gasteiger partial charge in [-0.25, -0.2) is 0 Å². The van der Waals surface area contributed by atoms with Crippen LogP contribution in [0, 0.1) is 0 Å². The smallest absolute Gasteiger partial charge is 0.305 e. The van der Waals surface area contributed by atoms with Crippen LogP contribution in [-0.2, 0) is 20.9 Å². The first-order valence-electron chi connectivity index (χ1n) is 13.2. The van der Waals surface area contributed by atoms with E-state index in [0.717, 1.165) is 57.8 Å². The Hall–Kier alpha value is -4.26. The van der Waals surface area contributed by atoms with Gasteiger partial charge in [0.05, 0.1) is 38.2 Å². The molecule has 3 aromatic carbocycles. The highest BCUT2D eigenvalue weighted by Crippen LogP contribution is 2.43. The van der Waals surface area contributed by atoms with Crippen LogP contribution in [0.5, 0.6) is 11.5 Å². The SMILES string of the molecule is COC(=O)CCCCCN(C(C)=O)c1c(-c2ccc(OC)cc2)n(Cc2ccccc2)c2ccc(OC)cc12. The van der Waals surface area contributed by atoms with Crippen LogP contribution < -0.4 is 14.4 Å². The lowest BCUT2D eigenvalue weighted by molar-refractivity contribution is -0.140. The number of unbranched alkanes of at least 4 members (excludes halogenated alkanes) is 2. The van der Waals surface area contributed by atoms with Crippen LogP contribution in [0.15, 0.2) is 72.8 Å². The molecule has 204 valence electrons. The number of anilines is 1. The van der Waals surface area contributed by atoms with E-state index in [1.165, 1.54) is 7.11 Å². The Kier molecular flexibility index (Phi) is 9.26. The Balaban J connectivity index is 1.86. The van der Waals surface area contributed by atoms with Crippen LogP contribution in [0.4, 0.5) is 5.69 Å². The third kappa shape index (κ3) is 6.42. The number of hydrogen-bond donors (Lipinski definition) is 0. The molecule has 7 heteroatoms. The molecule has 4 aromatic rings. The monoisotopic (exact) mass is 528 g/mol. The summed E-state index contributed by atoms with van der Waals surface area (Å²) in [5.41, 5.74) is 4.95. The van der Waals surface area contributed by atoms with Gasteiger partial charge in [-0.1, -0.05) is 36.8 Å². The molecule has 0 atom stereocenters. The topological polar surface area (TPSA) is 70.0 Å². The van der Waals surface area contributed by atoms with Crippen LogP contribution in [0.25, 0.3) is 22.2 Å².